The molecule has 0 aromatic carbocycles. The molecule has 3 nitrogen and oxygen atoms in total. The fourth-order valence-electron chi connectivity index (χ4n) is 2.22. The lowest BCUT2D eigenvalue weighted by molar-refractivity contribution is 0.112. The van der Waals surface area contributed by atoms with Crippen LogP contribution in [0.5, 0.6) is 0 Å². The van der Waals surface area contributed by atoms with Gasteiger partial charge < -0.3 is 4.74 Å². The zero-order valence-electron chi connectivity index (χ0n) is 9.53. The van der Waals surface area contributed by atoms with Crippen molar-refractivity contribution in [2.45, 2.75) is 25.4 Å². The summed E-state index contributed by atoms with van der Waals surface area (Å²) in [7, 11) is 1.76. The average Bonchev–Trinajstić information content (AvgIpc) is 2.70. The molecule has 1 atom stereocenters. The molecule has 1 saturated heterocycles. The van der Waals surface area contributed by atoms with Gasteiger partial charge in [-0.05, 0) is 31.0 Å². The van der Waals surface area contributed by atoms with Crippen LogP contribution in [0.2, 0.25) is 5.15 Å². The number of methoxy groups -OCH3 is 1. The van der Waals surface area contributed by atoms with Gasteiger partial charge in [0.1, 0.15) is 5.15 Å². The maximum Gasteiger partial charge on any atom is 0.129 e. The fraction of sp³-hybridized carbons (Fsp3) is 0.583. The van der Waals surface area contributed by atoms with Crippen LogP contribution in [0, 0.1) is 0 Å². The first kappa shape index (κ1) is 11.8. The lowest BCUT2D eigenvalue weighted by Gasteiger charge is -2.23. The second kappa shape index (κ2) is 5.62. The van der Waals surface area contributed by atoms with Crippen LogP contribution in [0.15, 0.2) is 18.3 Å². The number of ether oxygens (including phenoxy) is 1. The van der Waals surface area contributed by atoms with Crippen LogP contribution in [0.3, 0.4) is 0 Å². The van der Waals surface area contributed by atoms with E-state index in [0.717, 1.165) is 19.7 Å². The molecule has 1 aliphatic rings. The van der Waals surface area contributed by atoms with E-state index >= 15 is 0 Å². The molecule has 0 N–H and O–H groups in total. The summed E-state index contributed by atoms with van der Waals surface area (Å²) < 4.78 is 5.23. The average molecular weight is 241 g/mol. The minimum atomic E-state index is 0.554. The third-order valence-corrected chi connectivity index (χ3v) is 3.26. The van der Waals surface area contributed by atoms with Crippen LogP contribution in [-0.4, -0.2) is 36.2 Å². The summed E-state index contributed by atoms with van der Waals surface area (Å²) in [6.07, 6.45) is 4.34. The predicted octanol–water partition coefficient (Wildman–Crippen LogP) is 2.35. The van der Waals surface area contributed by atoms with Crippen molar-refractivity contribution in [1.29, 1.82) is 0 Å². The van der Waals surface area contributed by atoms with Crippen LogP contribution in [0.25, 0.3) is 0 Å². The Morgan fingerprint density at radius 1 is 1.56 bits per heavy atom. The Kier molecular flexibility index (Phi) is 4.16. The van der Waals surface area contributed by atoms with Gasteiger partial charge in [-0.15, -0.1) is 0 Å². The van der Waals surface area contributed by atoms with Gasteiger partial charge in [0.05, 0.1) is 6.61 Å². The second-order valence-corrected chi connectivity index (χ2v) is 4.60. The van der Waals surface area contributed by atoms with Crippen molar-refractivity contribution in [3.63, 3.8) is 0 Å². The lowest BCUT2D eigenvalue weighted by atomic mass is 10.2. The number of nitrogens with zero attached hydrogens (tertiary/aromatic N) is 2. The Morgan fingerprint density at radius 3 is 3.12 bits per heavy atom. The highest BCUT2D eigenvalue weighted by Gasteiger charge is 2.24. The highest BCUT2D eigenvalue weighted by atomic mass is 35.5. The van der Waals surface area contributed by atoms with Gasteiger partial charge >= 0.3 is 0 Å². The van der Waals surface area contributed by atoms with E-state index in [1.54, 1.807) is 7.11 Å². The van der Waals surface area contributed by atoms with E-state index in [4.69, 9.17) is 16.3 Å². The van der Waals surface area contributed by atoms with Crippen LogP contribution in [-0.2, 0) is 11.3 Å². The maximum atomic E-state index is 5.76. The van der Waals surface area contributed by atoms with E-state index in [9.17, 15) is 0 Å². The first-order valence-electron chi connectivity index (χ1n) is 5.63. The molecule has 2 heterocycles. The van der Waals surface area contributed by atoms with Crippen molar-refractivity contribution in [3.05, 3.63) is 29.0 Å². The Balaban J connectivity index is 1.95. The number of pyridine rings is 1. The van der Waals surface area contributed by atoms with Gasteiger partial charge in [0, 0.05) is 25.9 Å². The molecule has 0 amide bonds. The largest absolute Gasteiger partial charge is 0.383 e. The SMILES string of the molecule is COCC1CCCN1Cc1ccc(Cl)nc1. The maximum absolute atomic E-state index is 5.76. The van der Waals surface area contributed by atoms with Gasteiger partial charge in [-0.2, -0.15) is 0 Å². The van der Waals surface area contributed by atoms with Crippen molar-refractivity contribution in [2.75, 3.05) is 20.3 Å². The van der Waals surface area contributed by atoms with Crippen LogP contribution >= 0.6 is 11.6 Å². The van der Waals surface area contributed by atoms with E-state index in [1.165, 1.54) is 18.4 Å². The first-order valence-corrected chi connectivity index (χ1v) is 6.01. The zero-order valence-corrected chi connectivity index (χ0v) is 10.3. The zero-order chi connectivity index (χ0) is 11.4. The van der Waals surface area contributed by atoms with Crippen molar-refractivity contribution in [2.24, 2.45) is 0 Å². The molecule has 16 heavy (non-hydrogen) atoms. The van der Waals surface area contributed by atoms with Gasteiger partial charge in [0.2, 0.25) is 0 Å². The molecule has 0 radical (unpaired) electrons. The Morgan fingerprint density at radius 2 is 2.44 bits per heavy atom. The Bertz CT molecular complexity index is 328. The van der Waals surface area contributed by atoms with Crippen molar-refractivity contribution in [1.82, 2.24) is 9.88 Å². The third-order valence-electron chi connectivity index (χ3n) is 3.03. The molecule has 1 unspecified atom stereocenters. The molecular formula is C12H17ClN2O. The molecule has 0 saturated carbocycles. The van der Waals surface area contributed by atoms with Gasteiger partial charge in [-0.25, -0.2) is 4.98 Å². The standard InChI is InChI=1S/C12H17ClN2O/c1-16-9-11-3-2-6-15(11)8-10-4-5-12(13)14-7-10/h4-5,7,11H,2-3,6,8-9H2,1H3. The molecule has 0 aliphatic carbocycles. The molecule has 1 aromatic heterocycles. The summed E-state index contributed by atoms with van der Waals surface area (Å²) in [5.74, 6) is 0. The lowest BCUT2D eigenvalue weighted by Crippen LogP contribution is -2.32. The number of aromatic nitrogens is 1. The smallest absolute Gasteiger partial charge is 0.129 e. The normalized spacial score (nSPS) is 21.5. The highest BCUT2D eigenvalue weighted by Crippen LogP contribution is 2.20. The number of hydrogen-bond acceptors (Lipinski definition) is 3. The summed E-state index contributed by atoms with van der Waals surface area (Å²) in [4.78, 5) is 6.55. The topological polar surface area (TPSA) is 25.4 Å². The summed E-state index contributed by atoms with van der Waals surface area (Å²) in [6, 6.07) is 4.44. The van der Waals surface area contributed by atoms with Crippen LogP contribution < -0.4 is 0 Å². The predicted molar refractivity (Wildman–Crippen MR) is 64.6 cm³/mol. The number of rotatable bonds is 4. The molecule has 0 spiro atoms. The highest BCUT2D eigenvalue weighted by molar-refractivity contribution is 6.29. The molecule has 0 bridgehead atoms. The van der Waals surface area contributed by atoms with Crippen LogP contribution in [0.4, 0.5) is 0 Å². The van der Waals surface area contributed by atoms with Crippen molar-refractivity contribution in [3.8, 4) is 0 Å². The molecule has 1 aliphatic heterocycles. The van der Waals surface area contributed by atoms with E-state index in [0.29, 0.717) is 11.2 Å². The summed E-state index contributed by atoms with van der Waals surface area (Å²) >= 11 is 5.76. The molecule has 1 aromatic rings. The fourth-order valence-corrected chi connectivity index (χ4v) is 2.33. The number of halogens is 1. The van der Waals surface area contributed by atoms with E-state index in [-0.39, 0.29) is 0 Å². The van der Waals surface area contributed by atoms with Gasteiger partial charge in [-0.3, -0.25) is 4.90 Å². The van der Waals surface area contributed by atoms with Gasteiger partial charge in [-0.1, -0.05) is 17.7 Å². The number of likely N-dealkylation sites (tertiary alicyclic amines) is 1. The van der Waals surface area contributed by atoms with E-state index < -0.39 is 0 Å². The number of hydrogen-bond donors (Lipinski definition) is 0. The summed E-state index contributed by atoms with van der Waals surface area (Å²) in [5.41, 5.74) is 1.22. The Labute approximate surface area is 101 Å². The van der Waals surface area contributed by atoms with Crippen molar-refractivity contribution >= 4 is 11.6 Å². The van der Waals surface area contributed by atoms with Crippen LogP contribution in [0.1, 0.15) is 18.4 Å². The molecular weight excluding hydrogens is 224 g/mol. The minimum Gasteiger partial charge on any atom is -0.383 e. The minimum absolute atomic E-state index is 0.554. The van der Waals surface area contributed by atoms with Gasteiger partial charge in [0.25, 0.3) is 0 Å². The molecule has 2 rings (SSSR count). The van der Waals surface area contributed by atoms with E-state index in [1.807, 2.05) is 18.3 Å². The monoisotopic (exact) mass is 240 g/mol. The van der Waals surface area contributed by atoms with E-state index in [2.05, 4.69) is 9.88 Å². The second-order valence-electron chi connectivity index (χ2n) is 4.21. The van der Waals surface area contributed by atoms with Gasteiger partial charge in [0.15, 0.2) is 0 Å². The summed E-state index contributed by atoms with van der Waals surface area (Å²) in [6.45, 7) is 2.91. The quantitative estimate of drug-likeness (QED) is 0.756. The summed E-state index contributed by atoms with van der Waals surface area (Å²) in [5, 5.41) is 0.554. The Hall–Kier alpha value is -0.640. The molecule has 88 valence electrons. The van der Waals surface area contributed by atoms with Crippen molar-refractivity contribution < 1.29 is 4.74 Å². The first-order chi connectivity index (χ1) is 7.79. The molecule has 1 fully saturated rings. The third kappa shape index (κ3) is 2.94. The molecule has 4 heteroatoms.